The lowest BCUT2D eigenvalue weighted by molar-refractivity contribution is -0.269. The Morgan fingerprint density at radius 2 is 1.43 bits per heavy atom. The molecule has 1 fully saturated rings. The number of ether oxygens (including phenoxy) is 2. The molecule has 0 amide bonds. The molecular weight excluding hydrogens is 396 g/mol. The molecule has 5 nitrogen and oxygen atoms in total. The van der Waals surface area contributed by atoms with Crippen LogP contribution in [0.1, 0.15) is 41.0 Å². The summed E-state index contributed by atoms with van der Waals surface area (Å²) in [4.78, 5) is 0. The molecule has 2 aromatic rings. The van der Waals surface area contributed by atoms with Crippen molar-refractivity contribution in [2.75, 3.05) is 6.61 Å². The Hall–Kier alpha value is -1.54. The molecule has 0 spiro atoms. The SMILES string of the molecule is CC(C)(O)OC1CC(O)C(CO[Si](c2ccccc2)(c2ccccc2)C(C)(C)C)O1. The molecule has 3 atom stereocenters. The molecule has 6 heteroatoms. The molecular formula is C24H34O5Si. The van der Waals surface area contributed by atoms with E-state index in [1.165, 1.54) is 10.4 Å². The fourth-order valence-electron chi connectivity index (χ4n) is 4.21. The first-order valence-corrected chi connectivity index (χ1v) is 12.4. The van der Waals surface area contributed by atoms with E-state index >= 15 is 0 Å². The van der Waals surface area contributed by atoms with Gasteiger partial charge < -0.3 is 24.1 Å². The summed E-state index contributed by atoms with van der Waals surface area (Å²) >= 11 is 0. The summed E-state index contributed by atoms with van der Waals surface area (Å²) in [5.74, 6) is -1.32. The fourth-order valence-corrected chi connectivity index (χ4v) is 8.78. The molecule has 1 aliphatic heterocycles. The smallest absolute Gasteiger partial charge is 0.261 e. The second-order valence-corrected chi connectivity index (χ2v) is 13.8. The summed E-state index contributed by atoms with van der Waals surface area (Å²) in [7, 11) is -2.70. The van der Waals surface area contributed by atoms with Gasteiger partial charge in [0.25, 0.3) is 8.32 Å². The van der Waals surface area contributed by atoms with Crippen molar-refractivity contribution in [2.24, 2.45) is 0 Å². The summed E-state index contributed by atoms with van der Waals surface area (Å²) in [5, 5.41) is 22.7. The zero-order valence-corrected chi connectivity index (χ0v) is 19.5. The van der Waals surface area contributed by atoms with Crippen LogP contribution in [-0.4, -0.2) is 49.4 Å². The molecule has 3 rings (SSSR count). The van der Waals surface area contributed by atoms with Crippen molar-refractivity contribution >= 4 is 18.7 Å². The third-order valence-electron chi connectivity index (χ3n) is 5.49. The van der Waals surface area contributed by atoms with Gasteiger partial charge in [-0.3, -0.25) is 0 Å². The maximum Gasteiger partial charge on any atom is 0.261 e. The minimum absolute atomic E-state index is 0.151. The van der Waals surface area contributed by atoms with Crippen LogP contribution < -0.4 is 10.4 Å². The molecule has 30 heavy (non-hydrogen) atoms. The van der Waals surface area contributed by atoms with Crippen LogP contribution in [-0.2, 0) is 13.9 Å². The van der Waals surface area contributed by atoms with Gasteiger partial charge in [0.1, 0.15) is 6.10 Å². The van der Waals surface area contributed by atoms with Gasteiger partial charge in [-0.2, -0.15) is 0 Å². The molecule has 0 aromatic heterocycles. The van der Waals surface area contributed by atoms with Crippen LogP contribution in [0.15, 0.2) is 60.7 Å². The van der Waals surface area contributed by atoms with Crippen LogP contribution in [0.4, 0.5) is 0 Å². The van der Waals surface area contributed by atoms with Crippen molar-refractivity contribution in [1.82, 2.24) is 0 Å². The van der Waals surface area contributed by atoms with Crippen LogP contribution in [0, 0.1) is 0 Å². The van der Waals surface area contributed by atoms with E-state index in [2.05, 4.69) is 45.0 Å². The largest absolute Gasteiger partial charge is 0.405 e. The zero-order chi connectivity index (χ0) is 22.0. The van der Waals surface area contributed by atoms with E-state index in [-0.39, 0.29) is 11.6 Å². The van der Waals surface area contributed by atoms with Gasteiger partial charge >= 0.3 is 0 Å². The standard InChI is InChI=1S/C24H34O5Si/c1-23(2,3)30(18-12-8-6-9-13-18,19-14-10-7-11-15-19)27-17-21-20(25)16-22(28-21)29-24(4,5)26/h6-15,20-22,25-26H,16-17H2,1-5H3. The van der Waals surface area contributed by atoms with E-state index in [0.717, 1.165) is 0 Å². The van der Waals surface area contributed by atoms with E-state index in [9.17, 15) is 10.2 Å². The molecule has 1 aliphatic rings. The van der Waals surface area contributed by atoms with Crippen molar-refractivity contribution in [3.63, 3.8) is 0 Å². The highest BCUT2D eigenvalue weighted by Crippen LogP contribution is 2.37. The van der Waals surface area contributed by atoms with Gasteiger partial charge in [0.15, 0.2) is 12.1 Å². The lowest BCUT2D eigenvalue weighted by Crippen LogP contribution is -2.67. The number of aliphatic hydroxyl groups is 2. The topological polar surface area (TPSA) is 68.2 Å². The molecule has 164 valence electrons. The number of benzene rings is 2. The summed E-state index contributed by atoms with van der Waals surface area (Å²) in [5.41, 5.74) is 0. The molecule has 0 bridgehead atoms. The quantitative estimate of drug-likeness (QED) is 0.522. The van der Waals surface area contributed by atoms with E-state index in [0.29, 0.717) is 6.42 Å². The Balaban J connectivity index is 1.91. The van der Waals surface area contributed by atoms with Crippen LogP contribution >= 0.6 is 0 Å². The predicted octanol–water partition coefficient (Wildman–Crippen LogP) is 2.78. The number of hydrogen-bond acceptors (Lipinski definition) is 5. The zero-order valence-electron chi connectivity index (χ0n) is 18.5. The fraction of sp³-hybridized carbons (Fsp3) is 0.500. The van der Waals surface area contributed by atoms with Gasteiger partial charge in [0.2, 0.25) is 0 Å². The highest BCUT2D eigenvalue weighted by atomic mass is 28.4. The van der Waals surface area contributed by atoms with Crippen LogP contribution in [0.5, 0.6) is 0 Å². The minimum Gasteiger partial charge on any atom is -0.405 e. The molecule has 2 N–H and O–H groups in total. The third kappa shape index (κ3) is 5.02. The summed E-state index contributed by atoms with van der Waals surface area (Å²) in [6, 6.07) is 20.7. The first-order chi connectivity index (χ1) is 14.0. The molecule has 1 saturated heterocycles. The third-order valence-corrected chi connectivity index (χ3v) is 10.5. The molecule has 0 saturated carbocycles. The molecule has 0 aliphatic carbocycles. The van der Waals surface area contributed by atoms with E-state index in [1.807, 2.05) is 36.4 Å². The van der Waals surface area contributed by atoms with Crippen molar-refractivity contribution in [3.05, 3.63) is 60.7 Å². The van der Waals surface area contributed by atoms with Crippen molar-refractivity contribution < 1.29 is 24.1 Å². The van der Waals surface area contributed by atoms with Crippen LogP contribution in [0.3, 0.4) is 0 Å². The molecule has 2 aromatic carbocycles. The lowest BCUT2D eigenvalue weighted by atomic mass is 10.2. The summed E-state index contributed by atoms with van der Waals surface area (Å²) in [6.07, 6.45) is -1.58. The van der Waals surface area contributed by atoms with Gasteiger partial charge in [-0.15, -0.1) is 0 Å². The number of hydrogen-bond donors (Lipinski definition) is 2. The van der Waals surface area contributed by atoms with Crippen LogP contribution in [0.2, 0.25) is 5.04 Å². The van der Waals surface area contributed by atoms with Crippen molar-refractivity contribution in [3.8, 4) is 0 Å². The Labute approximate surface area is 180 Å². The van der Waals surface area contributed by atoms with Gasteiger partial charge in [-0.05, 0) is 29.3 Å². The number of rotatable bonds is 7. The molecule has 0 radical (unpaired) electrons. The van der Waals surface area contributed by atoms with Gasteiger partial charge in [-0.1, -0.05) is 81.4 Å². The Kier molecular flexibility index (Phi) is 6.86. The Morgan fingerprint density at radius 1 is 0.933 bits per heavy atom. The first kappa shape index (κ1) is 23.1. The average Bonchev–Trinajstić information content (AvgIpc) is 3.00. The highest BCUT2D eigenvalue weighted by Gasteiger charge is 2.51. The van der Waals surface area contributed by atoms with Gasteiger partial charge in [0.05, 0.1) is 12.7 Å². The Bertz CT molecular complexity index is 758. The maximum atomic E-state index is 10.5. The second kappa shape index (κ2) is 8.90. The second-order valence-electron chi connectivity index (χ2n) is 9.45. The maximum absolute atomic E-state index is 10.5. The van der Waals surface area contributed by atoms with E-state index < -0.39 is 32.6 Å². The minimum atomic E-state index is -2.70. The normalized spacial score (nSPS) is 23.0. The first-order valence-electron chi connectivity index (χ1n) is 10.5. The van der Waals surface area contributed by atoms with Crippen molar-refractivity contribution in [2.45, 2.75) is 70.4 Å². The number of aliphatic hydroxyl groups excluding tert-OH is 1. The molecule has 3 unspecified atom stereocenters. The predicted molar refractivity (Wildman–Crippen MR) is 120 cm³/mol. The van der Waals surface area contributed by atoms with Gasteiger partial charge in [-0.25, -0.2) is 0 Å². The average molecular weight is 431 g/mol. The Morgan fingerprint density at radius 3 is 1.87 bits per heavy atom. The van der Waals surface area contributed by atoms with Crippen LogP contribution in [0.25, 0.3) is 0 Å². The summed E-state index contributed by atoms with van der Waals surface area (Å²) < 4.78 is 18.2. The van der Waals surface area contributed by atoms with E-state index in [1.54, 1.807) is 13.8 Å². The van der Waals surface area contributed by atoms with Gasteiger partial charge in [0, 0.05) is 6.42 Å². The monoisotopic (exact) mass is 430 g/mol. The highest BCUT2D eigenvalue weighted by molar-refractivity contribution is 6.99. The molecule has 1 heterocycles. The lowest BCUT2D eigenvalue weighted by Gasteiger charge is -2.43. The van der Waals surface area contributed by atoms with E-state index in [4.69, 9.17) is 13.9 Å². The van der Waals surface area contributed by atoms with Crippen molar-refractivity contribution in [1.29, 1.82) is 0 Å². The summed E-state index contributed by atoms with van der Waals surface area (Å²) in [6.45, 7) is 9.99.